The van der Waals surface area contributed by atoms with Gasteiger partial charge in [-0.3, -0.25) is 29.3 Å². The predicted octanol–water partition coefficient (Wildman–Crippen LogP) is 8.37. The molecule has 4 N–H and O–H groups in total. The van der Waals surface area contributed by atoms with Crippen LogP contribution in [0.2, 0.25) is 10.0 Å². The molecule has 2 atom stereocenters. The Kier molecular flexibility index (Phi) is 27.2. The number of carbonyl (C=O) groups excluding carboxylic acids is 1. The minimum atomic E-state index is -3.86. The maximum absolute atomic E-state index is 13.0. The van der Waals surface area contributed by atoms with E-state index in [4.69, 9.17) is 33.3 Å². The molecule has 1 aliphatic carbocycles. The maximum Gasteiger partial charge on any atom is 1.00 e. The van der Waals surface area contributed by atoms with E-state index >= 15 is 0 Å². The van der Waals surface area contributed by atoms with Crippen LogP contribution >= 0.6 is 39.1 Å². The standard InChI is InChI=1S/C21H20ClN5O2S.C15H16BrClN2O2S.C9H19N.C6H5N3.CH2O3.CH4.Cs/c1-21(2,3)14-6-8-16(9-7-14)30(28,29)26-17-11-15(22)12-24-20(17)27-19-5-4-10-23-18(19)13-25-27;1-15(2,3)10-4-6-12(7-5-10)22(20,21)19-13-8-11(17)9-18-14(13)16;1-3-8-6-4-5-7-9(8)10-2;1-2-5-6(7-3-1)4-8-9-5;2-1-4-3;;/h4-13,26H,1-3H3;4-9,19H,1-3H3;8-10H,3-7H2,1-2H3;1-4H,(H,8,9);1,3H;1H4;/q;;;;;;+1/p-1/t;;8-,9-;;;;/m..1..../s1. The van der Waals surface area contributed by atoms with Crippen LogP contribution < -0.4 is 88.9 Å². The smallest absolute Gasteiger partial charge is 0.662 e. The largest absolute Gasteiger partial charge is 1.00 e. The van der Waals surface area contributed by atoms with Crippen molar-refractivity contribution in [3.05, 3.63) is 148 Å². The zero-order chi connectivity index (χ0) is 55.0. The molecule has 0 aliphatic heterocycles. The molecule has 408 valence electrons. The van der Waals surface area contributed by atoms with Gasteiger partial charge in [0.25, 0.3) is 26.5 Å². The van der Waals surface area contributed by atoms with Gasteiger partial charge in [0.15, 0.2) is 5.82 Å². The average molecular weight is 1320 g/mol. The van der Waals surface area contributed by atoms with Crippen molar-refractivity contribution in [2.75, 3.05) is 16.5 Å². The Hall–Kier alpha value is -4.02. The van der Waals surface area contributed by atoms with Gasteiger partial charge in [0.2, 0.25) is 0 Å². The molecule has 2 aromatic carbocycles. The summed E-state index contributed by atoms with van der Waals surface area (Å²) >= 11 is 15.1. The van der Waals surface area contributed by atoms with E-state index in [1.165, 1.54) is 61.3 Å². The number of carbonyl (C=O) groups is 1. The molecule has 0 bridgehead atoms. The normalized spacial score (nSPS) is 14.2. The first kappa shape index (κ1) is 67.3. The zero-order valence-corrected chi connectivity index (χ0v) is 54.8. The third-order valence-corrected chi connectivity index (χ3v) is 15.6. The molecule has 1 aliphatic rings. The number of hydrogen-bond donors (Lipinski definition) is 4. The number of aromatic nitrogens is 8. The number of anilines is 2. The van der Waals surface area contributed by atoms with Gasteiger partial charge in [0, 0.05) is 30.8 Å². The number of pyridine rings is 4. The second-order valence-electron chi connectivity index (χ2n) is 19.1. The maximum atomic E-state index is 13.0. The topological polar surface area (TPSA) is 252 Å². The number of sulfonamides is 2. The summed E-state index contributed by atoms with van der Waals surface area (Å²) in [5.74, 6) is 1.26. The minimum absolute atomic E-state index is 0. The van der Waals surface area contributed by atoms with Gasteiger partial charge in [-0.05, 0) is 124 Å². The summed E-state index contributed by atoms with van der Waals surface area (Å²) in [5, 5.41) is 23.4. The monoisotopic (exact) mass is 1310 g/mol. The molecule has 1 saturated carbocycles. The SMILES string of the molecule is C.CC(C)(C)c1ccc(S(=O)(=O)Nc2cc(Cl)cnc2-n2ncc3ncccc32)cc1.CC(C)(C)c1ccc(S(=O)(=O)Nc2cc(Cl)cnc2Br)cc1.CC[C@@H]1CCCC[C@H]1NC.O=CO[O-].[Cs+].c1cnc2cn[nH]c2c1. The zero-order valence-electron chi connectivity index (χ0n) is 43.8. The first-order valence-electron chi connectivity index (χ1n) is 23.7. The summed E-state index contributed by atoms with van der Waals surface area (Å²) in [4.78, 5) is 28.1. The summed E-state index contributed by atoms with van der Waals surface area (Å²) in [6.07, 6.45) is 16.7. The Morgan fingerprint density at radius 1 is 0.753 bits per heavy atom. The van der Waals surface area contributed by atoms with Gasteiger partial charge in [-0.15, -0.1) is 0 Å². The number of aromatic amines is 1. The van der Waals surface area contributed by atoms with Crippen molar-refractivity contribution in [3.63, 3.8) is 0 Å². The molecule has 9 rings (SSSR count). The van der Waals surface area contributed by atoms with Crippen LogP contribution in [0.4, 0.5) is 11.4 Å². The van der Waals surface area contributed by atoms with Crippen LogP contribution in [0.1, 0.15) is 99.1 Å². The number of nitrogens with zero attached hydrogens (tertiary/aromatic N) is 7. The first-order valence-corrected chi connectivity index (χ1v) is 28.2. The fraction of sp³-hybridized carbons (Fsp3) is 0.340. The molecule has 6 heterocycles. The van der Waals surface area contributed by atoms with Gasteiger partial charge < -0.3 is 15.5 Å². The molecule has 18 nitrogen and oxygen atoms in total. The summed E-state index contributed by atoms with van der Waals surface area (Å²) in [5.41, 5.74) is 5.78. The van der Waals surface area contributed by atoms with E-state index in [1.54, 1.807) is 55.1 Å². The number of benzene rings is 2. The molecule has 0 saturated heterocycles. The van der Waals surface area contributed by atoms with Crippen molar-refractivity contribution in [1.82, 2.24) is 45.2 Å². The van der Waals surface area contributed by atoms with Crippen LogP contribution in [-0.2, 0) is 40.6 Å². The molecule has 1 fully saturated rings. The van der Waals surface area contributed by atoms with Gasteiger partial charge in [-0.2, -0.15) is 10.2 Å². The van der Waals surface area contributed by atoms with Gasteiger partial charge in [-0.25, -0.2) is 31.5 Å². The Labute approximate surface area is 529 Å². The average Bonchev–Trinajstić information content (AvgIpc) is 4.06. The van der Waals surface area contributed by atoms with Crippen LogP contribution in [0.3, 0.4) is 0 Å². The predicted molar refractivity (Wildman–Crippen MR) is 303 cm³/mol. The summed E-state index contributed by atoms with van der Waals surface area (Å²) < 4.78 is 57.9. The molecule has 0 radical (unpaired) electrons. The third kappa shape index (κ3) is 19.9. The van der Waals surface area contributed by atoms with E-state index in [1.807, 2.05) is 42.5 Å². The molecule has 77 heavy (non-hydrogen) atoms. The third-order valence-electron chi connectivity index (χ3n) is 11.8. The van der Waals surface area contributed by atoms with Crippen molar-refractivity contribution in [2.45, 2.75) is 115 Å². The first-order chi connectivity index (χ1) is 35.5. The molecule has 24 heteroatoms. The van der Waals surface area contributed by atoms with Crippen molar-refractivity contribution >= 4 is 99.1 Å². The minimum Gasteiger partial charge on any atom is -0.662 e. The molecular formula is C53H65BrCl2CsN11O7S2. The summed E-state index contributed by atoms with van der Waals surface area (Å²) in [7, 11) is -5.46. The quantitative estimate of drug-likeness (QED) is 0.0435. The Morgan fingerprint density at radius 3 is 1.77 bits per heavy atom. The summed E-state index contributed by atoms with van der Waals surface area (Å²) in [6, 6.07) is 24.9. The van der Waals surface area contributed by atoms with E-state index in [2.05, 4.69) is 126 Å². The van der Waals surface area contributed by atoms with Crippen molar-refractivity contribution in [2.24, 2.45) is 5.92 Å². The van der Waals surface area contributed by atoms with E-state index < -0.39 is 20.0 Å². The molecule has 0 amide bonds. The molecule has 0 unspecified atom stereocenters. The molecule has 8 aromatic rings. The Balaban J connectivity index is 0.000000288. The number of halogens is 3. The number of fused-ring (bicyclic) bond motifs is 2. The van der Waals surface area contributed by atoms with Crippen LogP contribution in [0.5, 0.6) is 0 Å². The van der Waals surface area contributed by atoms with Crippen molar-refractivity contribution in [1.29, 1.82) is 0 Å². The fourth-order valence-corrected chi connectivity index (χ4v) is 10.6. The molecule has 0 spiro atoms. The van der Waals surface area contributed by atoms with E-state index in [0.29, 0.717) is 37.2 Å². The molecular weight excluding hydrogens is 1250 g/mol. The van der Waals surface area contributed by atoms with Crippen LogP contribution in [-0.4, -0.2) is 76.3 Å². The van der Waals surface area contributed by atoms with Gasteiger partial charge in [-0.1, -0.05) is 123 Å². The number of H-pyrrole nitrogens is 1. The Morgan fingerprint density at radius 2 is 1.26 bits per heavy atom. The van der Waals surface area contributed by atoms with E-state index in [9.17, 15) is 16.8 Å². The second kappa shape index (κ2) is 31.1. The summed E-state index contributed by atoms with van der Waals surface area (Å²) in [6.45, 7) is 14.6. The van der Waals surface area contributed by atoms with Gasteiger partial charge in [0.05, 0.1) is 54.6 Å². The molecule has 6 aromatic heterocycles. The van der Waals surface area contributed by atoms with Crippen LogP contribution in [0.15, 0.2) is 137 Å². The van der Waals surface area contributed by atoms with E-state index in [-0.39, 0.29) is 109 Å². The van der Waals surface area contributed by atoms with Gasteiger partial charge >= 0.3 is 68.9 Å². The van der Waals surface area contributed by atoms with Crippen LogP contribution in [0.25, 0.3) is 27.9 Å². The van der Waals surface area contributed by atoms with E-state index in [0.717, 1.165) is 34.1 Å². The number of hydrogen-bond acceptors (Lipinski definition) is 14. The van der Waals surface area contributed by atoms with Crippen molar-refractivity contribution in [3.8, 4) is 5.82 Å². The number of rotatable bonds is 10. The second-order valence-corrected chi connectivity index (χ2v) is 24.1. The fourth-order valence-electron chi connectivity index (χ4n) is 7.73. The van der Waals surface area contributed by atoms with Gasteiger partial charge in [0.1, 0.15) is 15.6 Å². The number of nitrogens with one attached hydrogen (secondary N) is 4. The van der Waals surface area contributed by atoms with Crippen LogP contribution in [0, 0.1) is 5.92 Å². The Bertz CT molecular complexity index is 3300. The van der Waals surface area contributed by atoms with Crippen molar-refractivity contribution < 1.29 is 101 Å².